The van der Waals surface area contributed by atoms with E-state index in [4.69, 9.17) is 9.73 Å². The second-order valence-electron chi connectivity index (χ2n) is 8.20. The highest BCUT2D eigenvalue weighted by Crippen LogP contribution is 2.26. The minimum Gasteiger partial charge on any atom is -0.375 e. The SMILES string of the molecule is CCNC(=NCc1ccc(N2CCOC(C)C2)nc1)N1CCC(c2cnn(C)c2)C1.I. The first-order valence-electron chi connectivity index (χ1n) is 11.0. The van der Waals surface area contributed by atoms with Crippen LogP contribution in [0.1, 0.15) is 37.3 Å². The van der Waals surface area contributed by atoms with Gasteiger partial charge in [0.05, 0.1) is 25.5 Å². The third-order valence-corrected chi connectivity index (χ3v) is 5.80. The molecule has 0 spiro atoms. The highest BCUT2D eigenvalue weighted by atomic mass is 127. The zero-order chi connectivity index (χ0) is 20.9. The van der Waals surface area contributed by atoms with Crippen molar-refractivity contribution in [2.45, 2.75) is 38.8 Å². The van der Waals surface area contributed by atoms with Crippen molar-refractivity contribution in [2.24, 2.45) is 12.0 Å². The van der Waals surface area contributed by atoms with Gasteiger partial charge in [0, 0.05) is 58.1 Å². The largest absolute Gasteiger partial charge is 0.375 e. The van der Waals surface area contributed by atoms with Crippen LogP contribution in [0.2, 0.25) is 0 Å². The molecule has 2 aromatic rings. The first-order valence-corrected chi connectivity index (χ1v) is 11.0. The van der Waals surface area contributed by atoms with E-state index >= 15 is 0 Å². The number of hydrogen-bond acceptors (Lipinski definition) is 5. The van der Waals surface area contributed by atoms with Crippen molar-refractivity contribution in [3.8, 4) is 0 Å². The topological polar surface area (TPSA) is 70.8 Å². The zero-order valence-corrected chi connectivity index (χ0v) is 21.0. The molecule has 9 heteroatoms. The maximum atomic E-state index is 5.62. The Kier molecular flexibility index (Phi) is 8.53. The molecule has 4 heterocycles. The molecule has 31 heavy (non-hydrogen) atoms. The van der Waals surface area contributed by atoms with Gasteiger partial charge in [0.1, 0.15) is 5.82 Å². The number of guanidine groups is 1. The van der Waals surface area contributed by atoms with E-state index in [2.05, 4.69) is 57.4 Å². The predicted molar refractivity (Wildman–Crippen MR) is 134 cm³/mol. The Balaban J connectivity index is 0.00000272. The van der Waals surface area contributed by atoms with Crippen molar-refractivity contribution in [3.63, 3.8) is 0 Å². The summed E-state index contributed by atoms with van der Waals surface area (Å²) in [5.74, 6) is 2.51. The van der Waals surface area contributed by atoms with Crippen LogP contribution in [0.5, 0.6) is 0 Å². The van der Waals surface area contributed by atoms with Gasteiger partial charge in [0.2, 0.25) is 0 Å². The number of likely N-dealkylation sites (tertiary alicyclic amines) is 1. The van der Waals surface area contributed by atoms with Gasteiger partial charge >= 0.3 is 0 Å². The first-order chi connectivity index (χ1) is 14.6. The second-order valence-corrected chi connectivity index (χ2v) is 8.20. The van der Waals surface area contributed by atoms with Crippen LogP contribution in [0.15, 0.2) is 35.7 Å². The summed E-state index contributed by atoms with van der Waals surface area (Å²) in [5.41, 5.74) is 2.44. The van der Waals surface area contributed by atoms with Crippen LogP contribution in [-0.2, 0) is 18.3 Å². The van der Waals surface area contributed by atoms with Crippen molar-refractivity contribution in [1.82, 2.24) is 25.0 Å². The Bertz CT molecular complexity index is 854. The van der Waals surface area contributed by atoms with Crippen molar-refractivity contribution < 1.29 is 4.74 Å². The molecule has 0 aromatic carbocycles. The van der Waals surface area contributed by atoms with E-state index in [9.17, 15) is 0 Å². The molecule has 2 fully saturated rings. The minimum absolute atomic E-state index is 0. The van der Waals surface area contributed by atoms with E-state index in [1.165, 1.54) is 5.56 Å². The lowest BCUT2D eigenvalue weighted by molar-refractivity contribution is 0.0529. The number of anilines is 1. The molecule has 8 nitrogen and oxygen atoms in total. The highest BCUT2D eigenvalue weighted by molar-refractivity contribution is 14.0. The highest BCUT2D eigenvalue weighted by Gasteiger charge is 2.27. The van der Waals surface area contributed by atoms with E-state index in [-0.39, 0.29) is 30.1 Å². The number of morpholine rings is 1. The molecule has 0 bridgehead atoms. The van der Waals surface area contributed by atoms with Crippen LogP contribution in [0, 0.1) is 0 Å². The number of aliphatic imine (C=N–C) groups is 1. The molecular weight excluding hydrogens is 505 g/mol. The van der Waals surface area contributed by atoms with Gasteiger partial charge in [0.15, 0.2) is 5.96 Å². The summed E-state index contributed by atoms with van der Waals surface area (Å²) in [5, 5.41) is 7.78. The molecule has 1 N–H and O–H groups in total. The van der Waals surface area contributed by atoms with Crippen LogP contribution in [0.4, 0.5) is 5.82 Å². The third-order valence-electron chi connectivity index (χ3n) is 5.80. The lowest BCUT2D eigenvalue weighted by atomic mass is 10.0. The fourth-order valence-corrected chi connectivity index (χ4v) is 4.19. The smallest absolute Gasteiger partial charge is 0.194 e. The summed E-state index contributed by atoms with van der Waals surface area (Å²) in [6.07, 6.45) is 7.44. The number of halogens is 1. The van der Waals surface area contributed by atoms with Crippen LogP contribution in [-0.4, -0.2) is 71.1 Å². The average Bonchev–Trinajstić information content (AvgIpc) is 3.41. The van der Waals surface area contributed by atoms with E-state index in [0.717, 1.165) is 63.1 Å². The van der Waals surface area contributed by atoms with Crippen molar-refractivity contribution in [2.75, 3.05) is 44.2 Å². The van der Waals surface area contributed by atoms with E-state index in [1.807, 2.05) is 24.1 Å². The Hall–Kier alpha value is -1.88. The molecule has 4 rings (SSSR count). The molecule has 0 aliphatic carbocycles. The summed E-state index contributed by atoms with van der Waals surface area (Å²) in [4.78, 5) is 14.2. The molecule has 170 valence electrons. The lowest BCUT2D eigenvalue weighted by Crippen LogP contribution is -2.41. The second kappa shape index (κ2) is 11.1. The average molecular weight is 539 g/mol. The van der Waals surface area contributed by atoms with Gasteiger partial charge in [-0.15, -0.1) is 24.0 Å². The Morgan fingerprint density at radius 1 is 1.26 bits per heavy atom. The summed E-state index contributed by atoms with van der Waals surface area (Å²) in [6, 6.07) is 4.24. The molecule has 0 saturated carbocycles. The maximum absolute atomic E-state index is 5.62. The van der Waals surface area contributed by atoms with Gasteiger partial charge in [0.25, 0.3) is 0 Å². The Labute approximate surface area is 202 Å². The predicted octanol–water partition coefficient (Wildman–Crippen LogP) is 2.61. The summed E-state index contributed by atoms with van der Waals surface area (Å²) < 4.78 is 7.50. The van der Waals surface area contributed by atoms with E-state index in [1.54, 1.807) is 0 Å². The van der Waals surface area contributed by atoms with Crippen LogP contribution < -0.4 is 10.2 Å². The summed E-state index contributed by atoms with van der Waals surface area (Å²) in [6.45, 7) is 10.2. The first kappa shape index (κ1) is 23.8. The number of aryl methyl sites for hydroxylation is 1. The number of ether oxygens (including phenoxy) is 1. The van der Waals surface area contributed by atoms with Gasteiger partial charge in [-0.1, -0.05) is 6.07 Å². The molecule has 2 aliphatic rings. The Morgan fingerprint density at radius 3 is 2.81 bits per heavy atom. The summed E-state index contributed by atoms with van der Waals surface area (Å²) in [7, 11) is 1.97. The van der Waals surface area contributed by atoms with Crippen LogP contribution in [0.25, 0.3) is 0 Å². The molecule has 0 radical (unpaired) electrons. The number of nitrogens with one attached hydrogen (secondary N) is 1. The van der Waals surface area contributed by atoms with Gasteiger partial charge in [-0.2, -0.15) is 5.10 Å². The van der Waals surface area contributed by atoms with Crippen molar-refractivity contribution in [1.29, 1.82) is 0 Å². The van der Waals surface area contributed by atoms with Gasteiger partial charge in [-0.05, 0) is 37.5 Å². The molecule has 2 saturated heterocycles. The molecule has 2 aromatic heterocycles. The fraction of sp³-hybridized carbons (Fsp3) is 0.591. The summed E-state index contributed by atoms with van der Waals surface area (Å²) >= 11 is 0. The van der Waals surface area contributed by atoms with Gasteiger partial charge in [-0.3, -0.25) is 4.68 Å². The maximum Gasteiger partial charge on any atom is 0.194 e. The fourth-order valence-electron chi connectivity index (χ4n) is 4.19. The zero-order valence-electron chi connectivity index (χ0n) is 18.7. The number of rotatable bonds is 5. The molecule has 2 aliphatic heterocycles. The molecule has 2 atom stereocenters. The number of hydrogen-bond donors (Lipinski definition) is 1. The van der Waals surface area contributed by atoms with Crippen LogP contribution >= 0.6 is 24.0 Å². The van der Waals surface area contributed by atoms with E-state index in [0.29, 0.717) is 12.5 Å². The quantitative estimate of drug-likeness (QED) is 0.358. The number of nitrogens with zero attached hydrogens (tertiary/aromatic N) is 6. The third kappa shape index (κ3) is 6.09. The molecule has 2 unspecified atom stereocenters. The van der Waals surface area contributed by atoms with Crippen molar-refractivity contribution in [3.05, 3.63) is 41.9 Å². The number of aromatic nitrogens is 3. The number of pyridine rings is 1. The molecular formula is C22H34IN7O. The van der Waals surface area contributed by atoms with Crippen LogP contribution in [0.3, 0.4) is 0 Å². The monoisotopic (exact) mass is 539 g/mol. The van der Waals surface area contributed by atoms with E-state index < -0.39 is 0 Å². The van der Waals surface area contributed by atoms with Gasteiger partial charge in [-0.25, -0.2) is 9.98 Å². The lowest BCUT2D eigenvalue weighted by Gasteiger charge is -2.32. The van der Waals surface area contributed by atoms with Crippen molar-refractivity contribution >= 4 is 35.8 Å². The normalized spacial score (nSPS) is 21.8. The van der Waals surface area contributed by atoms with Gasteiger partial charge < -0.3 is 19.9 Å². The molecule has 0 amide bonds. The minimum atomic E-state index is 0. The Morgan fingerprint density at radius 2 is 2.13 bits per heavy atom. The standard InChI is InChI=1S/C22H33N7O.HI/c1-4-23-22(29-8-7-19(16-29)20-13-26-27(3)15-20)25-12-18-5-6-21(24-11-18)28-9-10-30-17(2)14-28;/h5-6,11,13,15,17,19H,4,7-10,12,14,16H2,1-3H3,(H,23,25);1H.